The van der Waals surface area contributed by atoms with E-state index >= 15 is 0 Å². The van der Waals surface area contributed by atoms with Crippen LogP contribution >= 0.6 is 15.3 Å². The van der Waals surface area contributed by atoms with Crippen LogP contribution in [0.4, 0.5) is 0 Å². The van der Waals surface area contributed by atoms with E-state index in [1.165, 1.54) is 18.5 Å². The number of halogens is 1. The molecule has 82 valence electrons. The van der Waals surface area contributed by atoms with Gasteiger partial charge in [0.1, 0.15) is 6.69 Å². The Hall–Kier alpha value is -0.0931. The van der Waals surface area contributed by atoms with E-state index in [-0.39, 0.29) is 5.97 Å². The van der Waals surface area contributed by atoms with Gasteiger partial charge in [-0.3, -0.25) is 0 Å². The highest BCUT2D eigenvalue weighted by atomic mass is 79.9. The van der Waals surface area contributed by atoms with Crippen molar-refractivity contribution in [1.29, 1.82) is 0 Å². The van der Waals surface area contributed by atoms with E-state index in [1.807, 2.05) is 0 Å². The maximum atomic E-state index is 10.7. The van der Waals surface area contributed by atoms with E-state index in [0.717, 1.165) is 12.8 Å². The third kappa shape index (κ3) is 9.99. The van der Waals surface area contributed by atoms with Crippen LogP contribution < -0.4 is 0 Å². The Morgan fingerprint density at radius 2 is 2.07 bits per heavy atom. The van der Waals surface area contributed by atoms with Crippen LogP contribution in [0.5, 0.6) is 0 Å². The number of carbonyl (C=O) groups excluding carboxylic acids is 1. The van der Waals surface area contributed by atoms with Gasteiger partial charge in [0.2, 0.25) is 0 Å². The number of hydrogen-bond acceptors (Lipinski definition) is 2. The predicted octanol–water partition coefficient (Wildman–Crippen LogP) is 3.49. The zero-order valence-corrected chi connectivity index (χ0v) is 11.6. The van der Waals surface area contributed by atoms with Gasteiger partial charge in [-0.05, 0) is 12.5 Å². The Kier molecular flexibility index (Phi) is 7.18. The minimum atomic E-state index is -1.06. The molecule has 0 aromatic heterocycles. The molecule has 0 aromatic rings. The molecule has 0 spiro atoms. The first-order valence-electron chi connectivity index (χ1n) is 4.94. The van der Waals surface area contributed by atoms with Gasteiger partial charge in [-0.15, -0.1) is 15.3 Å². The molecule has 0 amide bonds. The highest BCUT2D eigenvalue weighted by Crippen LogP contribution is 2.20. The van der Waals surface area contributed by atoms with Gasteiger partial charge in [0.15, 0.2) is 0 Å². The molecule has 4 heteroatoms. The molecule has 0 heterocycles. The van der Waals surface area contributed by atoms with Crippen molar-refractivity contribution in [3.8, 4) is 0 Å². The van der Waals surface area contributed by atoms with Crippen molar-refractivity contribution in [3.63, 3.8) is 0 Å². The molecule has 0 fully saturated rings. The van der Waals surface area contributed by atoms with Crippen LogP contribution in [0, 0.1) is 0 Å². The smallest absolute Gasteiger partial charge is 0.330 e. The zero-order chi connectivity index (χ0) is 11.0. The van der Waals surface area contributed by atoms with Crippen LogP contribution in [-0.4, -0.2) is 19.3 Å². The van der Waals surface area contributed by atoms with Crippen LogP contribution in [0.15, 0.2) is 12.7 Å². The summed E-state index contributed by atoms with van der Waals surface area (Å²) in [4.78, 5) is 10.7. The van der Waals surface area contributed by atoms with Crippen LogP contribution in [0.2, 0.25) is 19.1 Å². The lowest BCUT2D eigenvalue weighted by Crippen LogP contribution is -2.14. The number of esters is 1. The quantitative estimate of drug-likeness (QED) is 0.234. The number of unbranched alkanes of at least 4 members (excludes halogenated alkanes) is 2. The van der Waals surface area contributed by atoms with Crippen molar-refractivity contribution in [2.45, 2.75) is 38.4 Å². The van der Waals surface area contributed by atoms with E-state index in [0.29, 0.717) is 6.61 Å². The molecule has 0 radical (unpaired) electrons. The largest absolute Gasteiger partial charge is 0.463 e. The van der Waals surface area contributed by atoms with E-state index < -0.39 is 6.69 Å². The van der Waals surface area contributed by atoms with E-state index in [2.05, 4.69) is 35.0 Å². The van der Waals surface area contributed by atoms with Crippen molar-refractivity contribution in [2.24, 2.45) is 0 Å². The van der Waals surface area contributed by atoms with Crippen LogP contribution in [0.1, 0.15) is 19.3 Å². The standard InChI is InChI=1S/C10H19BrO2Si/c1-4-10(12)13-8-6-5-7-9-14(2,3)11/h4H,1,5-9H2,2-3H3. The van der Waals surface area contributed by atoms with Gasteiger partial charge in [0.25, 0.3) is 0 Å². The Balaban J connectivity index is 3.22. The summed E-state index contributed by atoms with van der Waals surface area (Å²) in [5.41, 5.74) is 0. The van der Waals surface area contributed by atoms with Crippen molar-refractivity contribution in [2.75, 3.05) is 6.61 Å². The van der Waals surface area contributed by atoms with Gasteiger partial charge < -0.3 is 4.74 Å². The number of hydrogen-bond donors (Lipinski definition) is 0. The lowest BCUT2D eigenvalue weighted by atomic mass is 10.3. The lowest BCUT2D eigenvalue weighted by molar-refractivity contribution is -0.137. The van der Waals surface area contributed by atoms with Gasteiger partial charge >= 0.3 is 5.97 Å². The molecule has 0 saturated heterocycles. The van der Waals surface area contributed by atoms with Gasteiger partial charge in [0, 0.05) is 6.08 Å². The fourth-order valence-electron chi connectivity index (χ4n) is 1.06. The van der Waals surface area contributed by atoms with E-state index in [4.69, 9.17) is 4.74 Å². The van der Waals surface area contributed by atoms with E-state index in [1.54, 1.807) is 0 Å². The molecule has 0 aliphatic heterocycles. The van der Waals surface area contributed by atoms with Gasteiger partial charge in [0.05, 0.1) is 6.61 Å². The molecule has 0 saturated carbocycles. The maximum Gasteiger partial charge on any atom is 0.330 e. The second-order valence-corrected chi connectivity index (χ2v) is 14.3. The summed E-state index contributed by atoms with van der Waals surface area (Å²) in [6, 6.07) is 1.28. The van der Waals surface area contributed by atoms with Crippen LogP contribution in [0.3, 0.4) is 0 Å². The molecule has 0 bridgehead atoms. The number of ether oxygens (including phenoxy) is 1. The first-order chi connectivity index (χ1) is 6.45. The summed E-state index contributed by atoms with van der Waals surface area (Å²) >= 11 is 3.72. The fourth-order valence-corrected chi connectivity index (χ4v) is 2.99. The fraction of sp³-hybridized carbons (Fsp3) is 0.700. The summed E-state index contributed by atoms with van der Waals surface area (Å²) < 4.78 is 4.87. The zero-order valence-electron chi connectivity index (χ0n) is 9.01. The van der Waals surface area contributed by atoms with Crippen molar-refractivity contribution < 1.29 is 9.53 Å². The summed E-state index contributed by atoms with van der Waals surface area (Å²) in [7, 11) is 0. The summed E-state index contributed by atoms with van der Waals surface area (Å²) in [6.07, 6.45) is 4.51. The molecule has 0 aromatic carbocycles. The minimum Gasteiger partial charge on any atom is -0.463 e. The molecule has 0 rings (SSSR count). The highest BCUT2D eigenvalue weighted by molar-refractivity contribution is 9.26. The first kappa shape index (κ1) is 13.9. The maximum absolute atomic E-state index is 10.7. The van der Waals surface area contributed by atoms with Crippen molar-refractivity contribution in [1.82, 2.24) is 0 Å². The molecule has 0 unspecified atom stereocenters. The minimum absolute atomic E-state index is 0.319. The predicted molar refractivity (Wildman–Crippen MR) is 66.2 cm³/mol. The topological polar surface area (TPSA) is 26.3 Å². The molecule has 2 nitrogen and oxygen atoms in total. The second-order valence-electron chi connectivity index (χ2n) is 3.90. The molecule has 0 aliphatic carbocycles. The van der Waals surface area contributed by atoms with Crippen molar-refractivity contribution >= 4 is 28.0 Å². The van der Waals surface area contributed by atoms with Gasteiger partial charge in [-0.25, -0.2) is 4.79 Å². The van der Waals surface area contributed by atoms with Crippen LogP contribution in [0.25, 0.3) is 0 Å². The summed E-state index contributed by atoms with van der Waals surface area (Å²) in [6.45, 7) is 7.39. The van der Waals surface area contributed by atoms with Gasteiger partial charge in [-0.2, -0.15) is 0 Å². The average Bonchev–Trinajstić information content (AvgIpc) is 2.08. The highest BCUT2D eigenvalue weighted by Gasteiger charge is 2.14. The summed E-state index contributed by atoms with van der Waals surface area (Å²) in [5.74, 6) is -0.319. The Labute approximate surface area is 95.3 Å². The number of rotatable bonds is 7. The number of carbonyl (C=O) groups is 1. The Morgan fingerprint density at radius 3 is 2.57 bits per heavy atom. The molecular formula is C10H19BrO2Si. The van der Waals surface area contributed by atoms with Gasteiger partial charge in [-0.1, -0.05) is 32.5 Å². The monoisotopic (exact) mass is 278 g/mol. The lowest BCUT2D eigenvalue weighted by Gasteiger charge is -2.12. The molecular weight excluding hydrogens is 260 g/mol. The first-order valence-corrected chi connectivity index (χ1v) is 10.4. The summed E-state index contributed by atoms with van der Waals surface area (Å²) in [5, 5.41) is 0. The van der Waals surface area contributed by atoms with Crippen LogP contribution in [-0.2, 0) is 9.53 Å². The normalized spacial score (nSPS) is 11.1. The molecule has 14 heavy (non-hydrogen) atoms. The Morgan fingerprint density at radius 1 is 1.43 bits per heavy atom. The van der Waals surface area contributed by atoms with E-state index in [9.17, 15) is 4.79 Å². The van der Waals surface area contributed by atoms with Crippen molar-refractivity contribution in [3.05, 3.63) is 12.7 Å². The molecule has 0 N–H and O–H groups in total. The third-order valence-corrected chi connectivity index (χ3v) is 4.56. The molecule has 0 atom stereocenters. The molecule has 0 aliphatic rings. The third-order valence-electron chi connectivity index (χ3n) is 1.83. The second kappa shape index (κ2) is 7.23. The Bertz CT molecular complexity index is 187. The SMILES string of the molecule is C=CC(=O)OCCCCC[Si](C)(C)Br. The average molecular weight is 279 g/mol.